The van der Waals surface area contributed by atoms with E-state index in [1.54, 1.807) is 0 Å². The maximum Gasteiger partial charge on any atom is 0.341 e. The van der Waals surface area contributed by atoms with Crippen molar-refractivity contribution in [3.05, 3.63) is 34.1 Å². The summed E-state index contributed by atoms with van der Waals surface area (Å²) in [5.74, 6) is -4.64. The number of hydrogen-bond acceptors (Lipinski definition) is 2. The molecule has 19 heavy (non-hydrogen) atoms. The summed E-state index contributed by atoms with van der Waals surface area (Å²) in [4.78, 5) is 11.2. The zero-order valence-electron chi connectivity index (χ0n) is 9.88. The van der Waals surface area contributed by atoms with Gasteiger partial charge in [-0.1, -0.05) is 12.1 Å². The Morgan fingerprint density at radius 1 is 1.37 bits per heavy atom. The van der Waals surface area contributed by atoms with Crippen LogP contribution >= 0.6 is 15.9 Å². The van der Waals surface area contributed by atoms with Crippen LogP contribution in [-0.2, 0) is 9.53 Å². The van der Waals surface area contributed by atoms with Crippen LogP contribution in [0.4, 0.5) is 17.6 Å². The van der Waals surface area contributed by atoms with Crippen LogP contribution < -0.4 is 0 Å². The van der Waals surface area contributed by atoms with Crippen molar-refractivity contribution in [2.24, 2.45) is 0 Å². The largest absolute Gasteiger partial charge is 0.464 e. The molecule has 1 aromatic rings. The van der Waals surface area contributed by atoms with E-state index in [-0.39, 0.29) is 11.1 Å². The number of halogens is 5. The summed E-state index contributed by atoms with van der Waals surface area (Å²) in [5, 5.41) is 0. The Morgan fingerprint density at radius 2 is 2.00 bits per heavy atom. The molecule has 0 amide bonds. The zero-order valence-corrected chi connectivity index (χ0v) is 11.5. The third kappa shape index (κ3) is 3.68. The molecule has 0 fully saturated rings. The summed E-state index contributed by atoms with van der Waals surface area (Å²) in [6.45, 7) is 1.28. The van der Waals surface area contributed by atoms with Gasteiger partial charge in [0.05, 0.1) is 17.0 Å². The summed E-state index contributed by atoms with van der Waals surface area (Å²) in [5.41, 5.74) is -0.565. The molecule has 2 atom stereocenters. The van der Waals surface area contributed by atoms with Gasteiger partial charge in [-0.3, -0.25) is 0 Å². The van der Waals surface area contributed by atoms with E-state index in [4.69, 9.17) is 0 Å². The Bertz CT molecular complexity index is 453. The average Bonchev–Trinajstić information content (AvgIpc) is 2.34. The maximum absolute atomic E-state index is 13.8. The lowest BCUT2D eigenvalue weighted by Gasteiger charge is -2.20. The molecule has 0 aliphatic heterocycles. The fraction of sp³-hybridized carbons (Fsp3) is 0.417. The van der Waals surface area contributed by atoms with Gasteiger partial charge in [-0.05, 0) is 28.9 Å². The van der Waals surface area contributed by atoms with Crippen LogP contribution in [0.1, 0.15) is 18.4 Å². The van der Waals surface area contributed by atoms with Crippen LogP contribution in [0.5, 0.6) is 0 Å². The second-order valence-electron chi connectivity index (χ2n) is 3.66. The van der Waals surface area contributed by atoms with Crippen LogP contribution in [0.2, 0.25) is 0 Å². The Kier molecular flexibility index (Phi) is 5.78. The molecule has 2 nitrogen and oxygen atoms in total. The fourth-order valence-corrected chi connectivity index (χ4v) is 1.95. The molecule has 0 N–H and O–H groups in total. The van der Waals surface area contributed by atoms with Crippen LogP contribution in [0.25, 0.3) is 0 Å². The molecular formula is C12H11BrF4O2. The van der Waals surface area contributed by atoms with Gasteiger partial charge in [0.1, 0.15) is 5.82 Å². The smallest absolute Gasteiger partial charge is 0.341 e. The number of carbonyl (C=O) groups is 1. The maximum atomic E-state index is 13.8. The first-order valence-corrected chi connectivity index (χ1v) is 6.22. The average molecular weight is 343 g/mol. The lowest BCUT2D eigenvalue weighted by Crippen LogP contribution is -2.31. The van der Waals surface area contributed by atoms with Crippen molar-refractivity contribution in [3.63, 3.8) is 0 Å². The van der Waals surface area contributed by atoms with Crippen molar-refractivity contribution in [2.45, 2.75) is 25.4 Å². The monoisotopic (exact) mass is 342 g/mol. The predicted octanol–water partition coefficient (Wildman–Crippen LogP) is 3.84. The van der Waals surface area contributed by atoms with Crippen LogP contribution in [0.15, 0.2) is 22.7 Å². The van der Waals surface area contributed by atoms with Crippen LogP contribution in [0, 0.1) is 5.82 Å². The molecule has 0 aromatic heterocycles. The van der Waals surface area contributed by atoms with Crippen molar-refractivity contribution < 1.29 is 27.1 Å². The first-order valence-electron chi connectivity index (χ1n) is 5.42. The van der Waals surface area contributed by atoms with E-state index < -0.39 is 35.9 Å². The first kappa shape index (κ1) is 15.9. The van der Waals surface area contributed by atoms with Crippen molar-refractivity contribution in [1.29, 1.82) is 0 Å². The Labute approximate surface area is 115 Å². The van der Waals surface area contributed by atoms with Gasteiger partial charge in [-0.2, -0.15) is 0 Å². The van der Waals surface area contributed by atoms with E-state index in [1.165, 1.54) is 19.1 Å². The molecule has 0 aliphatic carbocycles. The highest BCUT2D eigenvalue weighted by Crippen LogP contribution is 2.33. The molecule has 0 aliphatic rings. The third-order valence-electron chi connectivity index (χ3n) is 2.44. The standard InChI is InChI=1S/C12H11BrF4O2/c1-2-19-12(18)10(15)8(11(16)17)6-4-3-5-7(13)9(6)14/h3-5,8,10-11H,2H2,1H3. The molecule has 1 rings (SSSR count). The molecule has 2 unspecified atom stereocenters. The van der Waals surface area contributed by atoms with Crippen molar-refractivity contribution in [2.75, 3.05) is 6.61 Å². The summed E-state index contributed by atoms with van der Waals surface area (Å²) < 4.78 is 57.6. The first-order chi connectivity index (χ1) is 8.90. The molecular weight excluding hydrogens is 332 g/mol. The quantitative estimate of drug-likeness (QED) is 0.600. The number of esters is 1. The highest BCUT2D eigenvalue weighted by atomic mass is 79.9. The van der Waals surface area contributed by atoms with Gasteiger partial charge in [-0.25, -0.2) is 22.4 Å². The minimum absolute atomic E-state index is 0.0771. The van der Waals surface area contributed by atoms with E-state index in [2.05, 4.69) is 20.7 Å². The van der Waals surface area contributed by atoms with Gasteiger partial charge in [0, 0.05) is 5.56 Å². The lowest BCUT2D eigenvalue weighted by molar-refractivity contribution is -0.151. The molecule has 0 radical (unpaired) electrons. The van der Waals surface area contributed by atoms with Crippen molar-refractivity contribution in [1.82, 2.24) is 0 Å². The highest BCUT2D eigenvalue weighted by molar-refractivity contribution is 9.10. The fourth-order valence-electron chi connectivity index (χ4n) is 1.57. The van der Waals surface area contributed by atoms with Gasteiger partial charge in [-0.15, -0.1) is 0 Å². The van der Waals surface area contributed by atoms with Gasteiger partial charge >= 0.3 is 5.97 Å². The van der Waals surface area contributed by atoms with Gasteiger partial charge in [0.2, 0.25) is 12.6 Å². The second kappa shape index (κ2) is 6.88. The number of rotatable bonds is 5. The van der Waals surface area contributed by atoms with E-state index in [1.807, 2.05) is 0 Å². The van der Waals surface area contributed by atoms with Gasteiger partial charge in [0.15, 0.2) is 0 Å². The SMILES string of the molecule is CCOC(=O)C(F)C(c1cccc(Br)c1F)C(F)F. The molecule has 0 saturated carbocycles. The molecule has 0 heterocycles. The molecule has 1 aromatic carbocycles. The Hall–Kier alpha value is -1.11. The predicted molar refractivity (Wildman–Crippen MR) is 64.4 cm³/mol. The van der Waals surface area contributed by atoms with Crippen molar-refractivity contribution in [3.8, 4) is 0 Å². The third-order valence-corrected chi connectivity index (χ3v) is 3.05. The number of benzene rings is 1. The molecule has 7 heteroatoms. The summed E-state index contributed by atoms with van der Waals surface area (Å²) in [7, 11) is 0. The van der Waals surface area contributed by atoms with E-state index in [0.717, 1.165) is 6.07 Å². The molecule has 106 valence electrons. The summed E-state index contributed by atoms with van der Waals surface area (Å²) in [6, 6.07) is 3.59. The normalized spacial score (nSPS) is 14.3. The van der Waals surface area contributed by atoms with Gasteiger partial charge < -0.3 is 4.74 Å². The molecule has 0 spiro atoms. The van der Waals surface area contributed by atoms with Crippen LogP contribution in [-0.4, -0.2) is 25.2 Å². The number of ether oxygens (including phenoxy) is 1. The molecule has 0 bridgehead atoms. The Balaban J connectivity index is 3.14. The molecule has 0 saturated heterocycles. The summed E-state index contributed by atoms with van der Waals surface area (Å²) in [6.07, 6.45) is -5.85. The van der Waals surface area contributed by atoms with E-state index in [0.29, 0.717) is 0 Å². The lowest BCUT2D eigenvalue weighted by atomic mass is 9.94. The Morgan fingerprint density at radius 3 is 2.53 bits per heavy atom. The van der Waals surface area contributed by atoms with Crippen LogP contribution in [0.3, 0.4) is 0 Å². The van der Waals surface area contributed by atoms with Crippen molar-refractivity contribution >= 4 is 21.9 Å². The highest BCUT2D eigenvalue weighted by Gasteiger charge is 2.39. The van der Waals surface area contributed by atoms with E-state index >= 15 is 0 Å². The number of alkyl halides is 3. The topological polar surface area (TPSA) is 26.3 Å². The van der Waals surface area contributed by atoms with E-state index in [9.17, 15) is 22.4 Å². The number of carbonyl (C=O) groups excluding carboxylic acids is 1. The summed E-state index contributed by atoms with van der Waals surface area (Å²) >= 11 is 2.82. The minimum Gasteiger partial charge on any atom is -0.464 e. The zero-order chi connectivity index (χ0) is 14.6. The number of hydrogen-bond donors (Lipinski definition) is 0. The second-order valence-corrected chi connectivity index (χ2v) is 4.51. The van der Waals surface area contributed by atoms with Gasteiger partial charge in [0.25, 0.3) is 0 Å². The minimum atomic E-state index is -3.23.